The molecule has 8 nitrogen and oxygen atoms in total. The van der Waals surface area contributed by atoms with Crippen molar-refractivity contribution in [2.24, 2.45) is 5.92 Å². The average molecular weight is 276 g/mol. The molecule has 0 saturated carbocycles. The summed E-state index contributed by atoms with van der Waals surface area (Å²) in [6.07, 6.45) is 0.494. The number of hydrogen-bond donors (Lipinski definition) is 2. The molecule has 3 N–H and O–H groups in total. The number of benzene rings is 1. The molecule has 2 rings (SSSR count). The van der Waals surface area contributed by atoms with Crippen molar-refractivity contribution in [3.63, 3.8) is 0 Å². The van der Waals surface area contributed by atoms with Crippen LogP contribution in [0.25, 0.3) is 0 Å². The van der Waals surface area contributed by atoms with E-state index in [1.807, 2.05) is 0 Å². The van der Waals surface area contributed by atoms with Crippen LogP contribution in [0.5, 0.6) is 0 Å². The maximum Gasteiger partial charge on any atom is 0.309 e. The molecule has 0 amide bonds. The Balaban J connectivity index is 2.36. The second-order valence-corrected chi connectivity index (χ2v) is 4.57. The van der Waals surface area contributed by atoms with Gasteiger partial charge in [-0.1, -0.05) is 0 Å². The maximum absolute atomic E-state index is 10.9. The predicted molar refractivity (Wildman–Crippen MR) is 70.2 cm³/mol. The van der Waals surface area contributed by atoms with Crippen LogP contribution in [0.2, 0.25) is 0 Å². The van der Waals surface area contributed by atoms with E-state index in [9.17, 15) is 14.9 Å². The first-order valence-electron chi connectivity index (χ1n) is 5.89. The lowest BCUT2D eigenvalue weighted by molar-refractivity contribution is -0.384. The van der Waals surface area contributed by atoms with Gasteiger partial charge in [-0.15, -0.1) is 0 Å². The zero-order valence-corrected chi connectivity index (χ0v) is 10.4. The highest BCUT2D eigenvalue weighted by Crippen LogP contribution is 2.33. The van der Waals surface area contributed by atoms with E-state index in [2.05, 4.69) is 0 Å². The highest BCUT2D eigenvalue weighted by molar-refractivity contribution is 5.75. The summed E-state index contributed by atoms with van der Waals surface area (Å²) in [5.41, 5.74) is 5.53. The summed E-state index contributed by atoms with van der Waals surface area (Å²) in [6, 6.07) is 4.53. The van der Waals surface area contributed by atoms with Crippen molar-refractivity contribution < 1.29 is 14.8 Å². The Labute approximate surface area is 114 Å². The fourth-order valence-corrected chi connectivity index (χ4v) is 2.31. The van der Waals surface area contributed by atoms with Gasteiger partial charge < -0.3 is 15.7 Å². The van der Waals surface area contributed by atoms with Crippen LogP contribution in [0.4, 0.5) is 17.1 Å². The van der Waals surface area contributed by atoms with E-state index in [0.29, 0.717) is 25.2 Å². The number of carboxylic acids is 1. The number of nitrogens with zero attached hydrogens (tertiary/aromatic N) is 3. The van der Waals surface area contributed by atoms with Crippen molar-refractivity contribution in [1.82, 2.24) is 0 Å². The molecule has 1 heterocycles. The highest BCUT2D eigenvalue weighted by atomic mass is 16.6. The van der Waals surface area contributed by atoms with Gasteiger partial charge in [-0.25, -0.2) is 0 Å². The van der Waals surface area contributed by atoms with Gasteiger partial charge in [0.05, 0.1) is 10.8 Å². The third-order valence-electron chi connectivity index (χ3n) is 3.33. The predicted octanol–water partition coefficient (Wildman–Crippen LogP) is 0.960. The minimum atomic E-state index is -0.872. The van der Waals surface area contributed by atoms with Crippen LogP contribution in [0, 0.1) is 27.4 Å². The molecule has 0 bridgehead atoms. The lowest BCUT2D eigenvalue weighted by Crippen LogP contribution is -2.23. The molecule has 0 radical (unpaired) electrons. The number of anilines is 2. The molecule has 1 saturated heterocycles. The molecular formula is C12H12N4O4. The number of nitrogen functional groups attached to an aromatic ring is 1. The van der Waals surface area contributed by atoms with Crippen molar-refractivity contribution in [3.05, 3.63) is 27.8 Å². The number of aliphatic carboxylic acids is 1. The summed E-state index contributed by atoms with van der Waals surface area (Å²) in [5.74, 6) is -1.35. The van der Waals surface area contributed by atoms with E-state index in [1.54, 1.807) is 11.0 Å². The molecule has 8 heteroatoms. The molecule has 1 aromatic carbocycles. The van der Waals surface area contributed by atoms with Gasteiger partial charge in [-0.05, 0) is 18.6 Å². The Hall–Kier alpha value is -2.82. The van der Waals surface area contributed by atoms with Gasteiger partial charge in [0, 0.05) is 18.8 Å². The third kappa shape index (κ3) is 2.33. The Bertz CT molecular complexity index is 623. The molecular weight excluding hydrogens is 264 g/mol. The number of nitro benzene ring substituents is 1. The topological polar surface area (TPSA) is 133 Å². The summed E-state index contributed by atoms with van der Waals surface area (Å²) >= 11 is 0. The first-order valence-corrected chi connectivity index (χ1v) is 5.89. The van der Waals surface area contributed by atoms with Gasteiger partial charge in [0.2, 0.25) is 0 Å². The Morgan fingerprint density at radius 2 is 2.30 bits per heavy atom. The van der Waals surface area contributed by atoms with E-state index in [1.165, 1.54) is 12.1 Å². The van der Waals surface area contributed by atoms with Crippen LogP contribution in [-0.4, -0.2) is 29.1 Å². The second-order valence-electron chi connectivity index (χ2n) is 4.57. The monoisotopic (exact) mass is 276 g/mol. The lowest BCUT2D eigenvalue weighted by atomic mass is 10.1. The van der Waals surface area contributed by atoms with Gasteiger partial charge in [-0.2, -0.15) is 5.26 Å². The standard InChI is InChI=1S/C12H12N4O4/c13-5-8-3-9(4-10(14)11(8)16(19)20)15-2-1-7(6-15)12(17)18/h3-4,7H,1-2,6,14H2,(H,17,18). The molecule has 1 aromatic rings. The smallest absolute Gasteiger partial charge is 0.309 e. The van der Waals surface area contributed by atoms with E-state index in [-0.39, 0.29) is 11.3 Å². The Kier molecular flexibility index (Phi) is 3.43. The van der Waals surface area contributed by atoms with Gasteiger partial charge in [0.25, 0.3) is 0 Å². The molecule has 104 valence electrons. The third-order valence-corrected chi connectivity index (χ3v) is 3.33. The van der Waals surface area contributed by atoms with Crippen molar-refractivity contribution in [2.75, 3.05) is 23.7 Å². The summed E-state index contributed by atoms with van der Waals surface area (Å²) < 4.78 is 0. The number of carbonyl (C=O) groups is 1. The van der Waals surface area contributed by atoms with Crippen molar-refractivity contribution >= 4 is 23.0 Å². The number of carboxylic acid groups (broad SMARTS) is 1. The van der Waals surface area contributed by atoms with Crippen molar-refractivity contribution in [1.29, 1.82) is 5.26 Å². The lowest BCUT2D eigenvalue weighted by Gasteiger charge is -2.18. The van der Waals surface area contributed by atoms with E-state index in [0.717, 1.165) is 0 Å². The van der Waals surface area contributed by atoms with Crippen LogP contribution < -0.4 is 10.6 Å². The van der Waals surface area contributed by atoms with Gasteiger partial charge >= 0.3 is 11.7 Å². The van der Waals surface area contributed by atoms with Gasteiger partial charge in [-0.3, -0.25) is 14.9 Å². The van der Waals surface area contributed by atoms with E-state index >= 15 is 0 Å². The SMILES string of the molecule is N#Cc1cc(N2CCC(C(=O)O)C2)cc(N)c1[N+](=O)[O-]. The molecule has 0 aromatic heterocycles. The molecule has 20 heavy (non-hydrogen) atoms. The van der Waals surface area contributed by atoms with Gasteiger partial charge in [0.1, 0.15) is 17.3 Å². The van der Waals surface area contributed by atoms with E-state index in [4.69, 9.17) is 16.1 Å². The minimum absolute atomic E-state index is 0.0946. The number of nitro groups is 1. The molecule has 1 atom stereocenters. The van der Waals surface area contributed by atoms with Crippen molar-refractivity contribution in [2.45, 2.75) is 6.42 Å². The second kappa shape index (κ2) is 5.05. The first-order chi connectivity index (χ1) is 9.43. The first kappa shape index (κ1) is 13.6. The molecule has 0 spiro atoms. The fraction of sp³-hybridized carbons (Fsp3) is 0.333. The molecule has 0 aliphatic carbocycles. The van der Waals surface area contributed by atoms with Crippen LogP contribution in [0.15, 0.2) is 12.1 Å². The van der Waals surface area contributed by atoms with Gasteiger partial charge in [0.15, 0.2) is 0 Å². The van der Waals surface area contributed by atoms with Crippen LogP contribution in [0.3, 0.4) is 0 Å². The molecule has 1 unspecified atom stereocenters. The molecule has 1 aliphatic heterocycles. The maximum atomic E-state index is 10.9. The normalized spacial score (nSPS) is 17.8. The summed E-state index contributed by atoms with van der Waals surface area (Å²) in [6.45, 7) is 0.816. The van der Waals surface area contributed by atoms with E-state index < -0.39 is 22.5 Å². The Morgan fingerprint density at radius 3 is 2.80 bits per heavy atom. The largest absolute Gasteiger partial charge is 0.481 e. The van der Waals surface area contributed by atoms with Crippen LogP contribution in [-0.2, 0) is 4.79 Å². The van der Waals surface area contributed by atoms with Crippen LogP contribution in [0.1, 0.15) is 12.0 Å². The summed E-state index contributed by atoms with van der Waals surface area (Å²) in [5, 5.41) is 28.8. The zero-order chi connectivity index (χ0) is 14.9. The minimum Gasteiger partial charge on any atom is -0.481 e. The number of hydrogen-bond acceptors (Lipinski definition) is 6. The fourth-order valence-electron chi connectivity index (χ4n) is 2.31. The quantitative estimate of drug-likeness (QED) is 0.477. The van der Waals surface area contributed by atoms with Crippen LogP contribution >= 0.6 is 0 Å². The molecule has 1 fully saturated rings. The average Bonchev–Trinajstić information content (AvgIpc) is 2.86. The van der Waals surface area contributed by atoms with Crippen molar-refractivity contribution in [3.8, 4) is 6.07 Å². The highest BCUT2D eigenvalue weighted by Gasteiger charge is 2.29. The Morgan fingerprint density at radius 1 is 1.60 bits per heavy atom. The number of rotatable bonds is 3. The summed E-state index contributed by atoms with van der Waals surface area (Å²) in [7, 11) is 0. The summed E-state index contributed by atoms with van der Waals surface area (Å²) in [4.78, 5) is 22.8. The molecule has 1 aliphatic rings. The zero-order valence-electron chi connectivity index (χ0n) is 10.4. The number of nitrogens with two attached hydrogens (primary N) is 1. The number of nitriles is 1.